The lowest BCUT2D eigenvalue weighted by atomic mass is 10.2. The third kappa shape index (κ3) is 3.02. The maximum absolute atomic E-state index is 12.3. The van der Waals surface area contributed by atoms with Gasteiger partial charge in [0.25, 0.3) is 10.0 Å². The van der Waals surface area contributed by atoms with Crippen molar-refractivity contribution in [3.63, 3.8) is 0 Å². The Hall–Kier alpha value is -1.80. The van der Waals surface area contributed by atoms with Crippen LogP contribution in [0.15, 0.2) is 40.3 Å². The first-order valence-electron chi connectivity index (χ1n) is 6.73. The Morgan fingerprint density at radius 3 is 2.73 bits per heavy atom. The van der Waals surface area contributed by atoms with Crippen LogP contribution in [0.2, 0.25) is 0 Å². The van der Waals surface area contributed by atoms with Crippen molar-refractivity contribution in [3.8, 4) is 0 Å². The van der Waals surface area contributed by atoms with Crippen molar-refractivity contribution >= 4 is 27.5 Å². The highest BCUT2D eigenvalue weighted by Crippen LogP contribution is 2.19. The minimum atomic E-state index is -3.65. The van der Waals surface area contributed by atoms with Crippen molar-refractivity contribution in [2.24, 2.45) is 5.10 Å². The zero-order chi connectivity index (χ0) is 15.7. The molecule has 0 radical (unpaired) electrons. The number of aryl methyl sites for hydroxylation is 2. The van der Waals surface area contributed by atoms with Crippen LogP contribution in [0.1, 0.15) is 17.0 Å². The SMILES string of the molecule is Cc1ccc(S(=O)(=O)N/N=C2\CSCn3nc(C)cc32)cc1. The first-order chi connectivity index (χ1) is 10.5. The topological polar surface area (TPSA) is 76.3 Å². The number of hydrazone groups is 1. The van der Waals surface area contributed by atoms with Crippen molar-refractivity contribution in [1.29, 1.82) is 0 Å². The van der Waals surface area contributed by atoms with Crippen LogP contribution in [0.4, 0.5) is 0 Å². The van der Waals surface area contributed by atoms with Gasteiger partial charge < -0.3 is 0 Å². The number of sulfonamides is 1. The molecule has 0 saturated carbocycles. The molecule has 1 aliphatic rings. The predicted octanol–water partition coefficient (Wildman–Crippen LogP) is 1.89. The van der Waals surface area contributed by atoms with Crippen LogP contribution in [0.3, 0.4) is 0 Å². The monoisotopic (exact) mass is 336 g/mol. The molecular formula is C14H16N4O2S2. The van der Waals surface area contributed by atoms with Gasteiger partial charge in [-0.15, -0.1) is 11.8 Å². The highest BCUT2D eigenvalue weighted by Gasteiger charge is 2.19. The fourth-order valence-corrected chi connectivity index (χ4v) is 3.85. The van der Waals surface area contributed by atoms with Gasteiger partial charge in [-0.3, -0.25) is 4.68 Å². The molecule has 0 fully saturated rings. The van der Waals surface area contributed by atoms with Gasteiger partial charge in [0.1, 0.15) is 0 Å². The highest BCUT2D eigenvalue weighted by atomic mass is 32.2. The van der Waals surface area contributed by atoms with Crippen LogP contribution in [0.25, 0.3) is 0 Å². The molecule has 1 aliphatic heterocycles. The molecule has 0 spiro atoms. The zero-order valence-corrected chi connectivity index (χ0v) is 13.9. The molecule has 2 aromatic rings. The van der Waals surface area contributed by atoms with Gasteiger partial charge in [-0.05, 0) is 32.0 Å². The fourth-order valence-electron chi connectivity index (χ4n) is 2.15. The summed E-state index contributed by atoms with van der Waals surface area (Å²) in [4.78, 5) is 2.52. The molecule has 0 unspecified atom stereocenters. The summed E-state index contributed by atoms with van der Waals surface area (Å²) < 4.78 is 26.3. The van der Waals surface area contributed by atoms with E-state index in [9.17, 15) is 8.42 Å². The Balaban J connectivity index is 1.86. The van der Waals surface area contributed by atoms with Gasteiger partial charge >= 0.3 is 0 Å². The maximum atomic E-state index is 12.3. The largest absolute Gasteiger partial charge is 0.276 e. The maximum Gasteiger partial charge on any atom is 0.276 e. The number of nitrogens with zero attached hydrogens (tertiary/aromatic N) is 3. The van der Waals surface area contributed by atoms with Gasteiger partial charge in [0.15, 0.2) is 0 Å². The first kappa shape index (κ1) is 15.1. The van der Waals surface area contributed by atoms with E-state index in [4.69, 9.17) is 0 Å². The molecule has 3 rings (SSSR count). The number of fused-ring (bicyclic) bond motifs is 1. The highest BCUT2D eigenvalue weighted by molar-refractivity contribution is 7.99. The lowest BCUT2D eigenvalue weighted by molar-refractivity contribution is 0.584. The summed E-state index contributed by atoms with van der Waals surface area (Å²) in [6.07, 6.45) is 0. The van der Waals surface area contributed by atoms with Crippen LogP contribution in [0, 0.1) is 13.8 Å². The number of hydrogen-bond donors (Lipinski definition) is 1. The molecule has 8 heteroatoms. The number of nitrogens with one attached hydrogen (secondary N) is 1. The fraction of sp³-hybridized carbons (Fsp3) is 0.286. The molecule has 1 aromatic carbocycles. The second-order valence-electron chi connectivity index (χ2n) is 5.11. The quantitative estimate of drug-likeness (QED) is 0.869. The van der Waals surface area contributed by atoms with Crippen molar-refractivity contribution in [1.82, 2.24) is 14.6 Å². The minimum Gasteiger partial charge on any atom is -0.253 e. The predicted molar refractivity (Wildman–Crippen MR) is 87.5 cm³/mol. The second kappa shape index (κ2) is 5.77. The van der Waals surface area contributed by atoms with Crippen LogP contribution >= 0.6 is 11.8 Å². The molecule has 1 aromatic heterocycles. The molecule has 0 saturated heterocycles. The van der Waals surface area contributed by atoms with Crippen LogP contribution in [0.5, 0.6) is 0 Å². The number of rotatable bonds is 3. The zero-order valence-electron chi connectivity index (χ0n) is 12.3. The van der Waals surface area contributed by atoms with Crippen LogP contribution in [-0.4, -0.2) is 29.7 Å². The third-order valence-electron chi connectivity index (χ3n) is 3.28. The smallest absolute Gasteiger partial charge is 0.253 e. The summed E-state index contributed by atoms with van der Waals surface area (Å²) in [5.74, 6) is 1.41. The average Bonchev–Trinajstić information content (AvgIpc) is 2.86. The molecule has 6 nitrogen and oxygen atoms in total. The van der Waals surface area contributed by atoms with Gasteiger partial charge in [0, 0.05) is 5.75 Å². The third-order valence-corrected chi connectivity index (χ3v) is 5.41. The van der Waals surface area contributed by atoms with E-state index in [1.807, 2.05) is 24.6 Å². The first-order valence-corrected chi connectivity index (χ1v) is 9.37. The molecule has 116 valence electrons. The average molecular weight is 336 g/mol. The Kier molecular flexibility index (Phi) is 3.96. The molecule has 2 heterocycles. The van der Waals surface area contributed by atoms with Crippen molar-refractivity contribution in [2.45, 2.75) is 24.6 Å². The normalized spacial score (nSPS) is 16.5. The molecule has 0 aliphatic carbocycles. The van der Waals surface area contributed by atoms with Gasteiger partial charge in [0.05, 0.1) is 27.9 Å². The lowest BCUT2D eigenvalue weighted by Crippen LogP contribution is -2.25. The van der Waals surface area contributed by atoms with Crippen LogP contribution in [-0.2, 0) is 15.9 Å². The van der Waals surface area contributed by atoms with E-state index in [0.717, 1.165) is 22.8 Å². The summed E-state index contributed by atoms with van der Waals surface area (Å²) in [6, 6.07) is 8.58. The Morgan fingerprint density at radius 2 is 2.00 bits per heavy atom. The van der Waals surface area contributed by atoms with Crippen molar-refractivity contribution in [2.75, 3.05) is 5.75 Å². The molecule has 0 atom stereocenters. The van der Waals surface area contributed by atoms with Gasteiger partial charge in [-0.2, -0.15) is 23.4 Å². The lowest BCUT2D eigenvalue weighted by Gasteiger charge is -2.15. The van der Waals surface area contributed by atoms with Crippen LogP contribution < -0.4 is 4.83 Å². The van der Waals surface area contributed by atoms with Crippen molar-refractivity contribution in [3.05, 3.63) is 47.3 Å². The van der Waals surface area contributed by atoms with E-state index in [-0.39, 0.29) is 4.90 Å². The van der Waals surface area contributed by atoms with E-state index in [0.29, 0.717) is 11.5 Å². The summed E-state index contributed by atoms with van der Waals surface area (Å²) in [7, 11) is -3.65. The van der Waals surface area contributed by atoms with Gasteiger partial charge in [-0.1, -0.05) is 17.7 Å². The standard InChI is InChI=1S/C14H16N4O2S2/c1-10-3-5-12(6-4-10)22(19,20)17-15-13-8-21-9-18-14(13)7-11(2)16-18/h3-7,17H,8-9H2,1-2H3/b15-13+. The van der Waals surface area contributed by atoms with Crippen molar-refractivity contribution < 1.29 is 8.42 Å². The Morgan fingerprint density at radius 1 is 1.27 bits per heavy atom. The molecule has 22 heavy (non-hydrogen) atoms. The molecule has 0 amide bonds. The number of thioether (sulfide) groups is 1. The van der Waals surface area contributed by atoms with E-state index < -0.39 is 10.0 Å². The number of benzene rings is 1. The van der Waals surface area contributed by atoms with E-state index in [1.165, 1.54) is 0 Å². The van der Waals surface area contributed by atoms with E-state index in [2.05, 4.69) is 15.0 Å². The minimum absolute atomic E-state index is 0.204. The number of aromatic nitrogens is 2. The molecule has 0 bridgehead atoms. The summed E-state index contributed by atoms with van der Waals surface area (Å²) in [5.41, 5.74) is 3.45. The molecule has 1 N–H and O–H groups in total. The van der Waals surface area contributed by atoms with E-state index in [1.54, 1.807) is 36.0 Å². The van der Waals surface area contributed by atoms with Gasteiger partial charge in [0.2, 0.25) is 0 Å². The molecular weight excluding hydrogens is 320 g/mol. The number of hydrogen-bond acceptors (Lipinski definition) is 5. The second-order valence-corrected chi connectivity index (χ2v) is 7.73. The Labute approximate surface area is 133 Å². The van der Waals surface area contributed by atoms with E-state index >= 15 is 0 Å². The summed E-state index contributed by atoms with van der Waals surface area (Å²) in [5, 5.41) is 8.46. The Bertz CT molecular complexity index is 823. The summed E-state index contributed by atoms with van der Waals surface area (Å²) in [6.45, 7) is 3.82. The summed E-state index contributed by atoms with van der Waals surface area (Å²) >= 11 is 1.64. The van der Waals surface area contributed by atoms with Gasteiger partial charge in [-0.25, -0.2) is 0 Å².